The van der Waals surface area contributed by atoms with Crippen LogP contribution in [0.15, 0.2) is 30.3 Å². The van der Waals surface area contributed by atoms with Crippen molar-refractivity contribution >= 4 is 12.2 Å². The Kier molecular flexibility index (Phi) is 5.93. The van der Waals surface area contributed by atoms with Gasteiger partial charge in [-0.3, -0.25) is 0 Å². The molecule has 0 radical (unpaired) electrons. The van der Waals surface area contributed by atoms with Crippen LogP contribution in [-0.2, 0) is 6.42 Å². The Bertz CT molecular complexity index is 593. The van der Waals surface area contributed by atoms with E-state index < -0.39 is 17.7 Å². The average Bonchev–Trinajstić information content (AvgIpc) is 2.55. The first-order valence-electron chi connectivity index (χ1n) is 8.79. The van der Waals surface area contributed by atoms with Crippen LogP contribution in [0.3, 0.4) is 0 Å². The van der Waals surface area contributed by atoms with Crippen molar-refractivity contribution in [3.63, 3.8) is 0 Å². The zero-order chi connectivity index (χ0) is 18.5. The second kappa shape index (κ2) is 7.76. The molecule has 1 aliphatic carbocycles. The Morgan fingerprint density at radius 1 is 1.12 bits per heavy atom. The molecule has 0 saturated heterocycles. The van der Waals surface area contributed by atoms with Gasteiger partial charge in [0.15, 0.2) is 0 Å². The lowest BCUT2D eigenvalue weighted by Gasteiger charge is -2.50. The summed E-state index contributed by atoms with van der Waals surface area (Å²) >= 11 is 0. The summed E-state index contributed by atoms with van der Waals surface area (Å²) in [6.45, 7) is 4.22. The van der Waals surface area contributed by atoms with Gasteiger partial charge in [0.25, 0.3) is 0 Å². The second-order valence-electron chi connectivity index (χ2n) is 7.61. The number of carbonyl (C=O) groups is 2. The van der Waals surface area contributed by atoms with Gasteiger partial charge < -0.3 is 20.8 Å². The van der Waals surface area contributed by atoms with Crippen LogP contribution >= 0.6 is 0 Å². The van der Waals surface area contributed by atoms with Crippen molar-refractivity contribution in [3.8, 4) is 0 Å². The summed E-state index contributed by atoms with van der Waals surface area (Å²) in [5, 5.41) is 23.6. The van der Waals surface area contributed by atoms with Crippen LogP contribution in [0.2, 0.25) is 0 Å². The summed E-state index contributed by atoms with van der Waals surface area (Å²) < 4.78 is 0. The van der Waals surface area contributed by atoms with Crippen molar-refractivity contribution in [2.24, 2.45) is 5.41 Å². The summed E-state index contributed by atoms with van der Waals surface area (Å²) in [5.74, 6) is 0. The highest BCUT2D eigenvalue weighted by Gasteiger charge is 2.48. The lowest BCUT2D eigenvalue weighted by atomic mass is 9.61. The summed E-state index contributed by atoms with van der Waals surface area (Å²) in [5.41, 5.74) is 0.460. The molecule has 6 nitrogen and oxygen atoms in total. The molecule has 0 atom stereocenters. The number of hydrogen-bond donors (Lipinski definition) is 4. The van der Waals surface area contributed by atoms with Gasteiger partial charge in [0.1, 0.15) is 0 Å². The SMILES string of the molecule is CC(C)(CCc1ccccc1)C1(NC(=O)O)CCC(NC(=O)O)CC1. The highest BCUT2D eigenvalue weighted by molar-refractivity contribution is 5.66. The molecule has 25 heavy (non-hydrogen) atoms. The number of benzene rings is 1. The largest absolute Gasteiger partial charge is 0.465 e. The zero-order valence-electron chi connectivity index (χ0n) is 14.9. The summed E-state index contributed by atoms with van der Waals surface area (Å²) in [6, 6.07) is 10.1. The molecule has 1 aromatic rings. The highest BCUT2D eigenvalue weighted by atomic mass is 16.4. The molecular formula is C19H28N2O4. The van der Waals surface area contributed by atoms with Gasteiger partial charge in [-0.05, 0) is 49.5 Å². The first-order valence-corrected chi connectivity index (χ1v) is 8.79. The van der Waals surface area contributed by atoms with Gasteiger partial charge in [0, 0.05) is 11.6 Å². The number of carboxylic acid groups (broad SMARTS) is 2. The normalized spacial score (nSPS) is 23.7. The lowest BCUT2D eigenvalue weighted by Crippen LogP contribution is -2.61. The van der Waals surface area contributed by atoms with Gasteiger partial charge in [-0.2, -0.15) is 0 Å². The van der Waals surface area contributed by atoms with Gasteiger partial charge in [-0.25, -0.2) is 9.59 Å². The molecule has 6 heteroatoms. The Hall–Kier alpha value is -2.24. The fourth-order valence-corrected chi connectivity index (χ4v) is 3.95. The van der Waals surface area contributed by atoms with Crippen LogP contribution in [0.4, 0.5) is 9.59 Å². The van der Waals surface area contributed by atoms with Crippen LogP contribution < -0.4 is 10.6 Å². The van der Waals surface area contributed by atoms with Gasteiger partial charge in [-0.15, -0.1) is 0 Å². The fourth-order valence-electron chi connectivity index (χ4n) is 3.95. The topological polar surface area (TPSA) is 98.7 Å². The number of hydrogen-bond acceptors (Lipinski definition) is 2. The van der Waals surface area contributed by atoms with Crippen molar-refractivity contribution in [1.29, 1.82) is 0 Å². The molecule has 138 valence electrons. The average molecular weight is 348 g/mol. The van der Waals surface area contributed by atoms with E-state index in [4.69, 9.17) is 5.11 Å². The number of nitrogens with one attached hydrogen (secondary N) is 2. The maximum atomic E-state index is 11.4. The van der Waals surface area contributed by atoms with E-state index in [0.29, 0.717) is 25.7 Å². The van der Waals surface area contributed by atoms with Crippen LogP contribution in [0, 0.1) is 5.41 Å². The summed E-state index contributed by atoms with van der Waals surface area (Å²) in [6.07, 6.45) is 2.24. The van der Waals surface area contributed by atoms with E-state index in [1.54, 1.807) is 0 Å². The monoisotopic (exact) mass is 348 g/mol. The molecule has 1 fully saturated rings. The smallest absolute Gasteiger partial charge is 0.405 e. The first kappa shape index (κ1) is 19.1. The predicted molar refractivity (Wildman–Crippen MR) is 95.9 cm³/mol. The van der Waals surface area contributed by atoms with Crippen LogP contribution in [0.1, 0.15) is 51.5 Å². The van der Waals surface area contributed by atoms with E-state index in [1.807, 2.05) is 18.2 Å². The van der Waals surface area contributed by atoms with E-state index in [0.717, 1.165) is 12.8 Å². The molecule has 2 amide bonds. The minimum atomic E-state index is -1.02. The van der Waals surface area contributed by atoms with Crippen molar-refractivity contribution in [1.82, 2.24) is 10.6 Å². The molecule has 0 spiro atoms. The van der Waals surface area contributed by atoms with Gasteiger partial charge in [-0.1, -0.05) is 44.2 Å². The third kappa shape index (κ3) is 4.87. The van der Waals surface area contributed by atoms with Crippen LogP contribution in [0.25, 0.3) is 0 Å². The standard InChI is InChI=1S/C19H28N2O4/c1-18(2,11-8-14-6-4-3-5-7-14)19(21-17(24)25)12-9-15(10-13-19)20-16(22)23/h3-7,15,20-21H,8-13H2,1-2H3,(H,22,23)(H,24,25). The van der Waals surface area contributed by atoms with Crippen molar-refractivity contribution < 1.29 is 19.8 Å². The molecular weight excluding hydrogens is 320 g/mol. The highest BCUT2D eigenvalue weighted by Crippen LogP contribution is 2.45. The molecule has 4 N–H and O–H groups in total. The first-order chi connectivity index (χ1) is 11.7. The Labute approximate surface area is 148 Å². The van der Waals surface area contributed by atoms with Gasteiger partial charge in [0.05, 0.1) is 0 Å². The Morgan fingerprint density at radius 3 is 2.24 bits per heavy atom. The van der Waals surface area contributed by atoms with E-state index in [-0.39, 0.29) is 11.5 Å². The van der Waals surface area contributed by atoms with E-state index >= 15 is 0 Å². The maximum absolute atomic E-state index is 11.4. The fraction of sp³-hybridized carbons (Fsp3) is 0.579. The molecule has 1 aliphatic rings. The minimum absolute atomic E-state index is 0.105. The van der Waals surface area contributed by atoms with Crippen molar-refractivity contribution in [3.05, 3.63) is 35.9 Å². The predicted octanol–water partition coefficient (Wildman–Crippen LogP) is 3.86. The Morgan fingerprint density at radius 2 is 1.72 bits per heavy atom. The van der Waals surface area contributed by atoms with Crippen molar-refractivity contribution in [2.45, 2.75) is 64.0 Å². The summed E-state index contributed by atoms with van der Waals surface area (Å²) in [7, 11) is 0. The molecule has 0 heterocycles. The molecule has 0 aliphatic heterocycles. The quantitative estimate of drug-likeness (QED) is 0.627. The van der Waals surface area contributed by atoms with Gasteiger partial charge in [0.2, 0.25) is 0 Å². The summed E-state index contributed by atoms with van der Waals surface area (Å²) in [4.78, 5) is 22.3. The van der Waals surface area contributed by atoms with E-state index in [1.165, 1.54) is 5.56 Å². The minimum Gasteiger partial charge on any atom is -0.465 e. The number of aryl methyl sites for hydroxylation is 1. The molecule has 1 aromatic carbocycles. The lowest BCUT2D eigenvalue weighted by molar-refractivity contribution is 0.0552. The molecule has 1 saturated carbocycles. The molecule has 0 aromatic heterocycles. The zero-order valence-corrected chi connectivity index (χ0v) is 14.9. The van der Waals surface area contributed by atoms with Crippen molar-refractivity contribution in [2.75, 3.05) is 0 Å². The molecule has 0 unspecified atom stereocenters. The number of rotatable bonds is 6. The third-order valence-electron chi connectivity index (χ3n) is 5.69. The molecule has 2 rings (SSSR count). The second-order valence-corrected chi connectivity index (χ2v) is 7.61. The van der Waals surface area contributed by atoms with Crippen LogP contribution in [0.5, 0.6) is 0 Å². The maximum Gasteiger partial charge on any atom is 0.405 e. The number of amides is 2. The molecule has 0 bridgehead atoms. The van der Waals surface area contributed by atoms with Gasteiger partial charge >= 0.3 is 12.2 Å². The van der Waals surface area contributed by atoms with E-state index in [2.05, 4.69) is 36.6 Å². The third-order valence-corrected chi connectivity index (χ3v) is 5.69. The van der Waals surface area contributed by atoms with Crippen LogP contribution in [-0.4, -0.2) is 34.0 Å². The Balaban J connectivity index is 2.09. The van der Waals surface area contributed by atoms with E-state index in [9.17, 15) is 14.7 Å².